The summed E-state index contributed by atoms with van der Waals surface area (Å²) in [6.07, 6.45) is 7.25. The maximum atomic E-state index is 10.3. The predicted octanol–water partition coefficient (Wildman–Crippen LogP) is 2.90. The van der Waals surface area contributed by atoms with E-state index in [1.807, 2.05) is 0 Å². The number of hydrogen-bond donors (Lipinski definition) is 2. The minimum Gasteiger partial charge on any atom is -0.481 e. The van der Waals surface area contributed by atoms with Crippen LogP contribution in [-0.4, -0.2) is 34.7 Å². The fraction of sp³-hybridized carbons (Fsp3) is 0.923. The van der Waals surface area contributed by atoms with E-state index < -0.39 is 5.97 Å². The molecule has 0 bridgehead atoms. The molecule has 0 amide bonds. The molecular formula is C13H25NO2S. The summed E-state index contributed by atoms with van der Waals surface area (Å²) in [7, 11) is 0. The standard InChI is InChI=1S/C13H25NO2S/c1-2-17-12-8-7-11(10-12)14-9-5-3-4-6-13(15)16/h11-12,14H,2-10H2,1H3,(H,15,16). The molecule has 0 radical (unpaired) electrons. The van der Waals surface area contributed by atoms with Crippen molar-refractivity contribution in [2.75, 3.05) is 12.3 Å². The largest absolute Gasteiger partial charge is 0.481 e. The normalized spacial score (nSPS) is 24.1. The first-order valence-corrected chi connectivity index (χ1v) is 7.84. The molecule has 1 aliphatic rings. The van der Waals surface area contributed by atoms with E-state index in [2.05, 4.69) is 24.0 Å². The second-order valence-corrected chi connectivity index (χ2v) is 6.32. The average molecular weight is 259 g/mol. The molecule has 0 aromatic rings. The van der Waals surface area contributed by atoms with Crippen LogP contribution < -0.4 is 5.32 Å². The van der Waals surface area contributed by atoms with Gasteiger partial charge in [0.15, 0.2) is 0 Å². The van der Waals surface area contributed by atoms with E-state index in [9.17, 15) is 4.79 Å². The molecule has 100 valence electrons. The number of aliphatic carboxylic acids is 1. The van der Waals surface area contributed by atoms with Gasteiger partial charge in [0, 0.05) is 17.7 Å². The summed E-state index contributed by atoms with van der Waals surface area (Å²) in [6, 6.07) is 0.707. The number of carbonyl (C=O) groups is 1. The van der Waals surface area contributed by atoms with Gasteiger partial charge in [-0.15, -0.1) is 0 Å². The van der Waals surface area contributed by atoms with Crippen molar-refractivity contribution >= 4 is 17.7 Å². The Hall–Kier alpha value is -0.220. The number of carboxylic acid groups (broad SMARTS) is 1. The first-order valence-electron chi connectivity index (χ1n) is 6.79. The molecule has 1 fully saturated rings. The van der Waals surface area contributed by atoms with Gasteiger partial charge in [-0.1, -0.05) is 13.3 Å². The van der Waals surface area contributed by atoms with Gasteiger partial charge in [0.2, 0.25) is 0 Å². The summed E-state index contributed by atoms with van der Waals surface area (Å²) in [5.74, 6) is 0.556. The molecule has 2 N–H and O–H groups in total. The van der Waals surface area contributed by atoms with Crippen molar-refractivity contribution in [2.24, 2.45) is 0 Å². The highest BCUT2D eigenvalue weighted by Crippen LogP contribution is 2.29. The minimum atomic E-state index is -0.673. The highest BCUT2D eigenvalue weighted by Gasteiger charge is 2.23. The first kappa shape index (κ1) is 14.8. The quantitative estimate of drug-likeness (QED) is 0.625. The summed E-state index contributed by atoms with van der Waals surface area (Å²) >= 11 is 2.09. The van der Waals surface area contributed by atoms with Crippen LogP contribution in [0.5, 0.6) is 0 Å². The summed E-state index contributed by atoms with van der Waals surface area (Å²) in [4.78, 5) is 10.3. The first-order chi connectivity index (χ1) is 8.22. The predicted molar refractivity (Wildman–Crippen MR) is 73.7 cm³/mol. The average Bonchev–Trinajstić information content (AvgIpc) is 2.71. The molecule has 0 saturated heterocycles. The Labute approximate surface area is 109 Å². The van der Waals surface area contributed by atoms with Crippen LogP contribution in [0.25, 0.3) is 0 Å². The van der Waals surface area contributed by atoms with E-state index in [1.54, 1.807) is 0 Å². The van der Waals surface area contributed by atoms with Crippen LogP contribution in [0.2, 0.25) is 0 Å². The number of unbranched alkanes of at least 4 members (excludes halogenated alkanes) is 2. The maximum Gasteiger partial charge on any atom is 0.303 e. The van der Waals surface area contributed by atoms with Crippen molar-refractivity contribution in [3.05, 3.63) is 0 Å². The molecule has 3 nitrogen and oxygen atoms in total. The van der Waals surface area contributed by atoms with E-state index in [0.717, 1.165) is 31.1 Å². The third kappa shape index (κ3) is 6.94. The van der Waals surface area contributed by atoms with Crippen LogP contribution in [0.15, 0.2) is 0 Å². The maximum absolute atomic E-state index is 10.3. The highest BCUT2D eigenvalue weighted by molar-refractivity contribution is 7.99. The minimum absolute atomic E-state index is 0.318. The summed E-state index contributed by atoms with van der Waals surface area (Å²) < 4.78 is 0. The van der Waals surface area contributed by atoms with Gasteiger partial charge in [0.05, 0.1) is 0 Å². The molecule has 1 aliphatic carbocycles. The number of nitrogens with one attached hydrogen (secondary N) is 1. The molecule has 2 atom stereocenters. The monoisotopic (exact) mass is 259 g/mol. The fourth-order valence-corrected chi connectivity index (χ4v) is 3.54. The molecule has 0 aromatic carbocycles. The van der Waals surface area contributed by atoms with Gasteiger partial charge in [-0.2, -0.15) is 11.8 Å². The topological polar surface area (TPSA) is 49.3 Å². The van der Waals surface area contributed by atoms with Gasteiger partial charge in [0.25, 0.3) is 0 Å². The lowest BCUT2D eigenvalue weighted by molar-refractivity contribution is -0.137. The molecule has 17 heavy (non-hydrogen) atoms. The lowest BCUT2D eigenvalue weighted by atomic mass is 10.2. The molecule has 0 aliphatic heterocycles. The van der Waals surface area contributed by atoms with Gasteiger partial charge in [-0.05, 0) is 44.4 Å². The van der Waals surface area contributed by atoms with Gasteiger partial charge < -0.3 is 10.4 Å². The Morgan fingerprint density at radius 2 is 2.18 bits per heavy atom. The molecule has 1 saturated carbocycles. The van der Waals surface area contributed by atoms with Crippen molar-refractivity contribution in [2.45, 2.75) is 63.2 Å². The zero-order chi connectivity index (χ0) is 12.5. The van der Waals surface area contributed by atoms with Crippen molar-refractivity contribution < 1.29 is 9.90 Å². The van der Waals surface area contributed by atoms with Crippen molar-refractivity contribution in [3.8, 4) is 0 Å². The van der Waals surface area contributed by atoms with Gasteiger partial charge in [0.1, 0.15) is 0 Å². The molecular weight excluding hydrogens is 234 g/mol. The molecule has 2 unspecified atom stereocenters. The summed E-state index contributed by atoms with van der Waals surface area (Å²) in [5.41, 5.74) is 0. The second-order valence-electron chi connectivity index (χ2n) is 4.75. The third-order valence-corrected chi connectivity index (χ3v) is 4.52. The van der Waals surface area contributed by atoms with E-state index in [0.29, 0.717) is 12.5 Å². The lowest BCUT2D eigenvalue weighted by Gasteiger charge is -2.12. The Kier molecular flexibility index (Phi) is 7.69. The van der Waals surface area contributed by atoms with Crippen LogP contribution in [0.3, 0.4) is 0 Å². The van der Waals surface area contributed by atoms with Crippen molar-refractivity contribution in [1.82, 2.24) is 5.32 Å². The van der Waals surface area contributed by atoms with Crippen LogP contribution in [0.1, 0.15) is 51.9 Å². The van der Waals surface area contributed by atoms with Crippen LogP contribution >= 0.6 is 11.8 Å². The van der Waals surface area contributed by atoms with Crippen molar-refractivity contribution in [3.63, 3.8) is 0 Å². The van der Waals surface area contributed by atoms with Crippen molar-refractivity contribution in [1.29, 1.82) is 0 Å². The highest BCUT2D eigenvalue weighted by atomic mass is 32.2. The second kappa shape index (κ2) is 8.81. The van der Waals surface area contributed by atoms with Gasteiger partial charge in [-0.25, -0.2) is 0 Å². The fourth-order valence-electron chi connectivity index (χ4n) is 2.40. The molecule has 4 heteroatoms. The Balaban J connectivity index is 1.92. The third-order valence-electron chi connectivity index (χ3n) is 3.29. The van der Waals surface area contributed by atoms with E-state index >= 15 is 0 Å². The molecule has 0 heterocycles. The molecule has 0 aromatic heterocycles. The van der Waals surface area contributed by atoms with Gasteiger partial charge >= 0.3 is 5.97 Å². The summed E-state index contributed by atoms with van der Waals surface area (Å²) in [5, 5.41) is 13.0. The Morgan fingerprint density at radius 3 is 2.88 bits per heavy atom. The molecule has 1 rings (SSSR count). The Bertz CT molecular complexity index is 223. The van der Waals surface area contributed by atoms with Gasteiger partial charge in [-0.3, -0.25) is 4.79 Å². The Morgan fingerprint density at radius 1 is 1.35 bits per heavy atom. The smallest absolute Gasteiger partial charge is 0.303 e. The number of thioether (sulfide) groups is 1. The SMILES string of the molecule is CCSC1CCC(NCCCCCC(=O)O)C1. The van der Waals surface area contributed by atoms with E-state index in [-0.39, 0.29) is 0 Å². The number of carboxylic acids is 1. The van der Waals surface area contributed by atoms with E-state index in [1.165, 1.54) is 25.0 Å². The van der Waals surface area contributed by atoms with Crippen LogP contribution in [0.4, 0.5) is 0 Å². The van der Waals surface area contributed by atoms with E-state index in [4.69, 9.17) is 5.11 Å². The summed E-state index contributed by atoms with van der Waals surface area (Å²) in [6.45, 7) is 3.28. The zero-order valence-electron chi connectivity index (χ0n) is 10.8. The van der Waals surface area contributed by atoms with Crippen LogP contribution in [-0.2, 0) is 4.79 Å². The molecule has 0 spiro atoms. The number of hydrogen-bond acceptors (Lipinski definition) is 3. The zero-order valence-corrected chi connectivity index (χ0v) is 11.6. The van der Waals surface area contributed by atoms with Crippen LogP contribution in [0, 0.1) is 0 Å². The lowest BCUT2D eigenvalue weighted by Crippen LogP contribution is -2.27. The number of rotatable bonds is 9.